The van der Waals surface area contributed by atoms with Crippen molar-refractivity contribution < 1.29 is 95.4 Å². The van der Waals surface area contributed by atoms with Gasteiger partial charge in [0.05, 0.1) is 136 Å². The minimum atomic E-state index is -1.03. The molecule has 49 heteroatoms. The topological polar surface area (TPSA) is 639 Å². The molecular weight excluding hydrogens is 1840 g/mol. The van der Waals surface area contributed by atoms with Gasteiger partial charge in [-0.15, -0.1) is 0 Å². The highest BCUT2D eigenvalue weighted by molar-refractivity contribution is 6.30. The Kier molecular flexibility index (Phi) is 44.7. The van der Waals surface area contributed by atoms with Crippen LogP contribution >= 0.6 is 11.6 Å². The zero-order chi connectivity index (χ0) is 101. The Morgan fingerprint density at radius 2 is 0.857 bits per heavy atom. The molecule has 1 aliphatic heterocycles. The van der Waals surface area contributed by atoms with E-state index in [1.54, 1.807) is 28.1 Å². The number of rotatable bonds is 61. The zero-order valence-electron chi connectivity index (χ0n) is 79.4. The van der Waals surface area contributed by atoms with E-state index in [9.17, 15) is 57.5 Å². The molecule has 0 saturated heterocycles. The lowest BCUT2D eigenvalue weighted by molar-refractivity contribution is -0.130. The summed E-state index contributed by atoms with van der Waals surface area (Å²) in [6.07, 6.45) is 8.42. The number of amides is 12. The molecule has 8 aromatic rings. The van der Waals surface area contributed by atoms with Gasteiger partial charge < -0.3 is 157 Å². The molecule has 6 heterocycles. The summed E-state index contributed by atoms with van der Waals surface area (Å²) in [6.45, 7) is 9.73. The van der Waals surface area contributed by atoms with Crippen LogP contribution in [0, 0.1) is 10.8 Å². The monoisotopic (exact) mass is 1970 g/mol. The van der Waals surface area contributed by atoms with Gasteiger partial charge in [0, 0.05) is 166 Å². The largest absolute Gasteiger partial charge is 0.379 e. The average Bonchev–Trinajstić information content (AvgIpc) is 1.28. The molecule has 1 aliphatic rings. The first kappa shape index (κ1) is 109. The fraction of sp³-hybridized carbons (Fsp3) is 0.462. The molecule has 140 heavy (non-hydrogen) atoms. The van der Waals surface area contributed by atoms with Crippen molar-refractivity contribution >= 4 is 146 Å². The SMILES string of the molecule is CC(=O)N1c2ccc(-c3ccc(NC(=O)CCOCCOCCOCCOCCOCCOCCOCCOCCNC(=O)c4nc(NC(=O)CCNC(=O)c5cc(NC(=O)c6nc(NC(=O)CCC(=O)Nc7cc(NC(=O)c8nc(NC(=O)CCNC(=O)[C@H](CCCNC(=N)N)NC(=O)[C@@H](N)CCCNC(=N)N)cn8C)cn7C)cn6C)cn5C)cn4C)cc3)cc2[C@H](Nc2ccc(Cl)cc2)C[C@H]1C. The molecule has 22 N–H and O–H groups in total. The first-order valence-electron chi connectivity index (χ1n) is 45.5. The number of ether oxygens (including phenoxy) is 8. The first-order valence-corrected chi connectivity index (χ1v) is 45.9. The lowest BCUT2D eigenvalue weighted by Gasteiger charge is -2.39. The van der Waals surface area contributed by atoms with Crippen LogP contribution < -0.4 is 96.5 Å². The second-order valence-electron chi connectivity index (χ2n) is 32.4. The molecule has 3 aromatic carbocycles. The van der Waals surface area contributed by atoms with Gasteiger partial charge >= 0.3 is 0 Å². The smallest absolute Gasteiger partial charge is 0.291 e. The van der Waals surface area contributed by atoms with Gasteiger partial charge in [-0.25, -0.2) is 15.0 Å². The molecule has 758 valence electrons. The van der Waals surface area contributed by atoms with Gasteiger partial charge in [-0.3, -0.25) is 68.4 Å². The van der Waals surface area contributed by atoms with E-state index in [2.05, 4.69) is 102 Å². The fourth-order valence-corrected chi connectivity index (χ4v) is 14.4. The van der Waals surface area contributed by atoms with Crippen molar-refractivity contribution in [2.24, 2.45) is 52.4 Å². The number of anilines is 9. The minimum absolute atomic E-state index is 0.00621. The van der Waals surface area contributed by atoms with Gasteiger partial charge in [-0.05, 0) is 110 Å². The summed E-state index contributed by atoms with van der Waals surface area (Å²) in [5, 5.41) is 53.6. The lowest BCUT2D eigenvalue weighted by Crippen LogP contribution is -2.52. The molecule has 0 unspecified atom stereocenters. The molecule has 5 aromatic heterocycles. The third-order valence-electron chi connectivity index (χ3n) is 21.2. The van der Waals surface area contributed by atoms with E-state index in [-0.39, 0.29) is 185 Å². The van der Waals surface area contributed by atoms with Crippen molar-refractivity contribution in [2.45, 2.75) is 102 Å². The normalized spacial score (nSPS) is 13.1. The number of nitrogens with one attached hydrogen (secondary N) is 16. The van der Waals surface area contributed by atoms with Crippen molar-refractivity contribution in [2.75, 3.05) is 186 Å². The molecular formula is C91H127ClN28O20. The minimum Gasteiger partial charge on any atom is -0.379 e. The number of fused-ring (bicyclic) bond motifs is 1. The number of aryl methyl sites for hydroxylation is 5. The number of hydrogen-bond acceptors (Lipinski definition) is 27. The van der Waals surface area contributed by atoms with E-state index in [0.29, 0.717) is 116 Å². The van der Waals surface area contributed by atoms with Crippen molar-refractivity contribution in [3.8, 4) is 11.1 Å². The number of imidazole rings is 3. The van der Waals surface area contributed by atoms with Crippen LogP contribution in [0.2, 0.25) is 5.02 Å². The van der Waals surface area contributed by atoms with Crippen molar-refractivity contribution in [3.63, 3.8) is 0 Å². The first-order chi connectivity index (χ1) is 67.2. The standard InChI is InChI=1S/C91H127ClN28O20/c1-57-48-69(103-62-19-15-61(92)16-20-62)66-49-60(14-21-70(66)120(57)58(2)121)59-12-17-63(18-13-59)104-80(126)26-32-133-34-36-135-38-40-137-42-44-139-46-47-140-45-43-138-41-39-136-37-35-134-33-31-100-87(130)81-111-73(54-117(81)5)109-79(125)25-30-99-86(129)71-50-64(52-115(71)3)105-88(131)82-112-72(55-118(82)6)108-76(122)22-23-77(123)114-75-51-65(53-116(75)4)106-89(132)83-113-74(56-119(83)7)110-78(124)24-29-98-85(128)68(11-9-28-102-91(96)97)107-84(127)67(93)10-8-27-101-90(94)95/h12-21,49-57,67-69,103H,8-11,22-48,93H2,1-7H3,(H,98,128)(H,99,129)(H,100,130)(H,104,126)(H,105,131)(H,106,132)(H,107,127)(H,108,122)(H,109,125)(H,110,124)(H,114,123)(H4,94,95,101)(H4,96,97,102)/t57-,67+,68+,69-/m1/s1. The fourth-order valence-electron chi connectivity index (χ4n) is 14.3. The zero-order valence-corrected chi connectivity index (χ0v) is 80.2. The molecule has 0 fully saturated rings. The van der Waals surface area contributed by atoms with Crippen LogP contribution in [-0.4, -0.2) is 277 Å². The average molecular weight is 1970 g/mol. The van der Waals surface area contributed by atoms with Gasteiger partial charge in [0.25, 0.3) is 23.6 Å². The van der Waals surface area contributed by atoms with Gasteiger partial charge in [0.15, 0.2) is 29.4 Å². The highest BCUT2D eigenvalue weighted by Crippen LogP contribution is 2.42. The van der Waals surface area contributed by atoms with Crippen LogP contribution in [0.5, 0.6) is 0 Å². The maximum Gasteiger partial charge on any atom is 0.291 e. The summed E-state index contributed by atoms with van der Waals surface area (Å²) in [5.41, 5.74) is 22.8. The van der Waals surface area contributed by atoms with Gasteiger partial charge in [-0.2, -0.15) is 0 Å². The Balaban J connectivity index is 0.536. The van der Waals surface area contributed by atoms with Crippen LogP contribution in [0.25, 0.3) is 11.1 Å². The Labute approximate surface area is 813 Å². The lowest BCUT2D eigenvalue weighted by atomic mass is 9.89. The van der Waals surface area contributed by atoms with Crippen LogP contribution in [-0.2, 0) is 111 Å². The number of nitrogens with zero attached hydrogens (tertiary/aromatic N) is 9. The molecule has 0 saturated carbocycles. The summed E-state index contributed by atoms with van der Waals surface area (Å²) >= 11 is 6.14. The second kappa shape index (κ2) is 57.2. The number of hydrogen-bond donors (Lipinski definition) is 19. The van der Waals surface area contributed by atoms with Crippen LogP contribution in [0.1, 0.15) is 132 Å². The number of halogens is 1. The van der Waals surface area contributed by atoms with Gasteiger partial charge in [-0.1, -0.05) is 29.8 Å². The Morgan fingerprint density at radius 3 is 1.37 bits per heavy atom. The molecule has 0 radical (unpaired) electrons. The Hall–Kier alpha value is -14.2. The molecule has 0 aliphatic carbocycles. The predicted octanol–water partition coefficient (Wildman–Crippen LogP) is 3.48. The van der Waals surface area contributed by atoms with E-state index in [1.165, 1.54) is 80.0 Å². The molecule has 48 nitrogen and oxygen atoms in total. The van der Waals surface area contributed by atoms with Crippen molar-refractivity contribution in [3.05, 3.63) is 144 Å². The van der Waals surface area contributed by atoms with E-state index in [1.807, 2.05) is 65.6 Å². The summed E-state index contributed by atoms with van der Waals surface area (Å²) in [4.78, 5) is 171. The summed E-state index contributed by atoms with van der Waals surface area (Å²) < 4.78 is 51.8. The molecule has 0 bridgehead atoms. The van der Waals surface area contributed by atoms with Crippen LogP contribution in [0.15, 0.2) is 110 Å². The number of carbonyl (C=O) groups is 12. The van der Waals surface area contributed by atoms with Crippen molar-refractivity contribution in [1.29, 1.82) is 10.8 Å². The number of benzene rings is 3. The highest BCUT2D eigenvalue weighted by Gasteiger charge is 2.34. The van der Waals surface area contributed by atoms with Crippen LogP contribution in [0.3, 0.4) is 0 Å². The third kappa shape index (κ3) is 37.3. The molecule has 9 rings (SSSR count). The van der Waals surface area contributed by atoms with E-state index >= 15 is 0 Å². The van der Waals surface area contributed by atoms with Crippen molar-refractivity contribution in [1.82, 2.24) is 69.7 Å². The number of carbonyl (C=O) groups excluding carboxylic acids is 12. The third-order valence-corrected chi connectivity index (χ3v) is 21.5. The van der Waals surface area contributed by atoms with E-state index in [4.69, 9.17) is 77.5 Å². The number of aromatic nitrogens is 8. The van der Waals surface area contributed by atoms with Gasteiger partial charge in [0.2, 0.25) is 64.7 Å². The summed E-state index contributed by atoms with van der Waals surface area (Å²) in [6, 6.07) is 22.3. The Morgan fingerprint density at radius 1 is 0.421 bits per heavy atom. The molecule has 4 atom stereocenters. The van der Waals surface area contributed by atoms with Crippen LogP contribution in [0.4, 0.5) is 51.7 Å². The number of nitrogens with two attached hydrogens (primary N) is 3. The van der Waals surface area contributed by atoms with Gasteiger partial charge in [0.1, 0.15) is 17.6 Å². The highest BCUT2D eigenvalue weighted by atomic mass is 35.5. The number of guanidine groups is 2. The summed E-state index contributed by atoms with van der Waals surface area (Å²) in [5.74, 6) is -6.17. The molecule has 12 amide bonds. The van der Waals surface area contributed by atoms with E-state index in [0.717, 1.165) is 34.5 Å². The quantitative estimate of drug-likeness (QED) is 0.0147. The summed E-state index contributed by atoms with van der Waals surface area (Å²) in [7, 11) is 7.84. The maximum absolute atomic E-state index is 13.4. The molecule has 0 spiro atoms. The Bertz CT molecular complexity index is 5500. The maximum atomic E-state index is 13.4. The predicted molar refractivity (Wildman–Crippen MR) is 522 cm³/mol. The van der Waals surface area contributed by atoms with E-state index < -0.39 is 71.2 Å². The second-order valence-corrected chi connectivity index (χ2v) is 32.8.